The van der Waals surface area contributed by atoms with E-state index < -0.39 is 0 Å². The van der Waals surface area contributed by atoms with Crippen molar-refractivity contribution in [3.05, 3.63) is 0 Å². The van der Waals surface area contributed by atoms with Crippen molar-refractivity contribution in [3.8, 4) is 0 Å². The van der Waals surface area contributed by atoms with Gasteiger partial charge in [0.15, 0.2) is 5.96 Å². The van der Waals surface area contributed by atoms with E-state index in [9.17, 15) is 4.79 Å². The van der Waals surface area contributed by atoms with Crippen molar-refractivity contribution in [3.63, 3.8) is 0 Å². The number of hydrogen-bond donors (Lipinski definition) is 2. The molecule has 0 aromatic carbocycles. The minimum atomic E-state index is 0. The Morgan fingerprint density at radius 1 is 1.04 bits per heavy atom. The summed E-state index contributed by atoms with van der Waals surface area (Å²) < 4.78 is 0. The van der Waals surface area contributed by atoms with Crippen LogP contribution in [0.1, 0.15) is 58.3 Å². The van der Waals surface area contributed by atoms with Crippen LogP contribution >= 0.6 is 24.0 Å². The summed E-state index contributed by atoms with van der Waals surface area (Å²) >= 11 is 0. The molecule has 7 heteroatoms. The van der Waals surface area contributed by atoms with Crippen molar-refractivity contribution in [2.45, 2.75) is 64.3 Å². The van der Waals surface area contributed by atoms with Crippen LogP contribution in [0.3, 0.4) is 0 Å². The summed E-state index contributed by atoms with van der Waals surface area (Å²) in [5.41, 5.74) is 0. The van der Waals surface area contributed by atoms with E-state index in [0.717, 1.165) is 57.3 Å². The summed E-state index contributed by atoms with van der Waals surface area (Å²) in [7, 11) is 1.83. The zero-order valence-electron chi connectivity index (χ0n) is 17.8. The summed E-state index contributed by atoms with van der Waals surface area (Å²) in [5.74, 6) is 2.36. The summed E-state index contributed by atoms with van der Waals surface area (Å²) in [5, 5.41) is 6.99. The lowest BCUT2D eigenvalue weighted by Gasteiger charge is -2.31. The molecule has 2 atom stereocenters. The molecule has 2 N–H and O–H groups in total. The van der Waals surface area contributed by atoms with Gasteiger partial charge in [0.2, 0.25) is 5.91 Å². The number of likely N-dealkylation sites (tertiary alicyclic amines) is 2. The molecular formula is C21H40IN5O. The molecule has 1 aliphatic carbocycles. The maximum absolute atomic E-state index is 12.7. The van der Waals surface area contributed by atoms with Crippen molar-refractivity contribution in [1.82, 2.24) is 20.4 Å². The molecular weight excluding hydrogens is 465 g/mol. The molecule has 0 spiro atoms. The minimum Gasteiger partial charge on any atom is -0.355 e. The van der Waals surface area contributed by atoms with Crippen molar-refractivity contribution < 1.29 is 4.79 Å². The van der Waals surface area contributed by atoms with E-state index in [1.807, 2.05) is 7.05 Å². The Bertz CT molecular complexity index is 509. The second-order valence-corrected chi connectivity index (χ2v) is 8.80. The SMILES string of the molecule is CN=C(NCCN1CCCC(C)C1)NC1CCN(C(=O)C2CCCCC2)C1.I. The molecule has 0 radical (unpaired) electrons. The highest BCUT2D eigenvalue weighted by Gasteiger charge is 2.31. The Morgan fingerprint density at radius 3 is 2.54 bits per heavy atom. The number of halogens is 1. The van der Waals surface area contributed by atoms with Crippen molar-refractivity contribution >= 4 is 35.8 Å². The first-order valence-electron chi connectivity index (χ1n) is 11.1. The number of nitrogens with zero attached hydrogens (tertiary/aromatic N) is 3. The van der Waals surface area contributed by atoms with Gasteiger partial charge in [-0.25, -0.2) is 0 Å². The van der Waals surface area contributed by atoms with Gasteiger partial charge in [-0.15, -0.1) is 24.0 Å². The lowest BCUT2D eigenvalue weighted by atomic mass is 9.88. The number of carbonyl (C=O) groups excluding carboxylic acids is 1. The number of aliphatic imine (C=N–C) groups is 1. The van der Waals surface area contributed by atoms with Crippen LogP contribution < -0.4 is 10.6 Å². The highest BCUT2D eigenvalue weighted by molar-refractivity contribution is 14.0. The largest absolute Gasteiger partial charge is 0.355 e. The van der Waals surface area contributed by atoms with Gasteiger partial charge in [0.05, 0.1) is 0 Å². The van der Waals surface area contributed by atoms with Crippen LogP contribution in [-0.2, 0) is 4.79 Å². The number of rotatable bonds is 5. The van der Waals surface area contributed by atoms with Gasteiger partial charge in [-0.2, -0.15) is 0 Å². The second kappa shape index (κ2) is 12.2. The van der Waals surface area contributed by atoms with Gasteiger partial charge < -0.3 is 20.4 Å². The third-order valence-electron chi connectivity index (χ3n) is 6.48. The molecule has 0 aromatic heterocycles. The van der Waals surface area contributed by atoms with E-state index >= 15 is 0 Å². The highest BCUT2D eigenvalue weighted by Crippen LogP contribution is 2.26. The standard InChI is InChI=1S/C21H39N5O.HI/c1-17-7-6-12-25(15-17)14-11-23-21(22-2)24-19-10-13-26(16-19)20(27)18-8-4-3-5-9-18;/h17-19H,3-16H2,1-2H3,(H2,22,23,24);1H. The van der Waals surface area contributed by atoms with Crippen LogP contribution in [0.5, 0.6) is 0 Å². The summed E-state index contributed by atoms with van der Waals surface area (Å²) in [4.78, 5) is 21.7. The Morgan fingerprint density at radius 2 is 1.82 bits per heavy atom. The van der Waals surface area contributed by atoms with Gasteiger partial charge in [-0.05, 0) is 44.6 Å². The molecule has 1 amide bonds. The minimum absolute atomic E-state index is 0. The number of hydrogen-bond acceptors (Lipinski definition) is 3. The molecule has 2 saturated heterocycles. The molecule has 3 rings (SSSR count). The average Bonchev–Trinajstić information content (AvgIpc) is 3.16. The fourth-order valence-electron chi connectivity index (χ4n) is 4.90. The lowest BCUT2D eigenvalue weighted by Crippen LogP contribution is -2.48. The van der Waals surface area contributed by atoms with Gasteiger partial charge in [-0.1, -0.05) is 26.2 Å². The van der Waals surface area contributed by atoms with E-state index in [2.05, 4.69) is 32.3 Å². The molecule has 2 aliphatic heterocycles. The first-order valence-corrected chi connectivity index (χ1v) is 11.1. The number of amides is 1. The maximum atomic E-state index is 12.7. The van der Waals surface area contributed by atoms with Crippen LogP contribution in [0.25, 0.3) is 0 Å². The smallest absolute Gasteiger partial charge is 0.225 e. The zero-order valence-corrected chi connectivity index (χ0v) is 20.1. The fraction of sp³-hybridized carbons (Fsp3) is 0.905. The molecule has 6 nitrogen and oxygen atoms in total. The first-order chi connectivity index (χ1) is 13.2. The third-order valence-corrected chi connectivity index (χ3v) is 6.48. The topological polar surface area (TPSA) is 60.0 Å². The highest BCUT2D eigenvalue weighted by atomic mass is 127. The van der Waals surface area contributed by atoms with Crippen LogP contribution in [0.15, 0.2) is 4.99 Å². The van der Waals surface area contributed by atoms with Crippen LogP contribution in [0.2, 0.25) is 0 Å². The molecule has 2 heterocycles. The molecule has 0 bridgehead atoms. The normalized spacial score (nSPS) is 27.4. The Balaban J connectivity index is 0.00000280. The predicted molar refractivity (Wildman–Crippen MR) is 126 cm³/mol. The molecule has 1 saturated carbocycles. The Kier molecular flexibility index (Phi) is 10.3. The number of nitrogens with one attached hydrogen (secondary N) is 2. The predicted octanol–water partition coefficient (Wildman–Crippen LogP) is 2.68. The van der Waals surface area contributed by atoms with Gasteiger partial charge in [-0.3, -0.25) is 9.79 Å². The summed E-state index contributed by atoms with van der Waals surface area (Å²) in [6.07, 6.45) is 9.62. The van der Waals surface area contributed by atoms with Crippen LogP contribution in [0.4, 0.5) is 0 Å². The van der Waals surface area contributed by atoms with E-state index in [4.69, 9.17) is 0 Å². The fourth-order valence-corrected chi connectivity index (χ4v) is 4.90. The van der Waals surface area contributed by atoms with E-state index in [-0.39, 0.29) is 29.9 Å². The molecule has 0 aromatic rings. The number of carbonyl (C=O) groups is 1. The van der Waals surface area contributed by atoms with Gasteiger partial charge in [0.25, 0.3) is 0 Å². The number of guanidine groups is 1. The summed E-state index contributed by atoms with van der Waals surface area (Å²) in [6.45, 7) is 8.48. The molecule has 2 unspecified atom stereocenters. The van der Waals surface area contributed by atoms with Gasteiger partial charge in [0.1, 0.15) is 0 Å². The van der Waals surface area contributed by atoms with Gasteiger partial charge >= 0.3 is 0 Å². The molecule has 162 valence electrons. The summed E-state index contributed by atoms with van der Waals surface area (Å²) in [6, 6.07) is 0.318. The average molecular weight is 505 g/mol. The van der Waals surface area contributed by atoms with E-state index in [1.54, 1.807) is 0 Å². The Labute approximate surface area is 188 Å². The third kappa shape index (κ3) is 7.04. The van der Waals surface area contributed by atoms with Crippen LogP contribution in [-0.4, -0.2) is 74.0 Å². The second-order valence-electron chi connectivity index (χ2n) is 8.80. The quantitative estimate of drug-likeness (QED) is 0.343. The van der Waals surface area contributed by atoms with Crippen molar-refractivity contribution in [2.75, 3.05) is 46.3 Å². The van der Waals surface area contributed by atoms with E-state index in [0.29, 0.717) is 11.9 Å². The molecule has 28 heavy (non-hydrogen) atoms. The number of piperidine rings is 1. The van der Waals surface area contributed by atoms with Crippen molar-refractivity contribution in [1.29, 1.82) is 0 Å². The lowest BCUT2D eigenvalue weighted by molar-refractivity contribution is -0.135. The monoisotopic (exact) mass is 505 g/mol. The first kappa shape index (κ1) is 23.7. The molecule has 3 fully saturated rings. The van der Waals surface area contributed by atoms with Crippen molar-refractivity contribution in [2.24, 2.45) is 16.8 Å². The van der Waals surface area contributed by atoms with Gasteiger partial charge in [0, 0.05) is 51.7 Å². The Hall–Kier alpha value is -0.570. The van der Waals surface area contributed by atoms with E-state index in [1.165, 1.54) is 45.2 Å². The van der Waals surface area contributed by atoms with Crippen LogP contribution in [0, 0.1) is 11.8 Å². The molecule has 3 aliphatic rings. The zero-order chi connectivity index (χ0) is 19.1. The maximum Gasteiger partial charge on any atom is 0.225 e.